The Morgan fingerprint density at radius 3 is 1.41 bits per heavy atom. The Hall–Kier alpha value is -0.300. The van der Waals surface area contributed by atoms with Gasteiger partial charge in [-0.25, -0.2) is 0 Å². The monoisotopic (exact) mass is 470 g/mol. The lowest BCUT2D eigenvalue weighted by Crippen LogP contribution is -2.32. The normalized spacial score (nSPS) is 39.9. The molecule has 0 radical (unpaired) electrons. The van der Waals surface area contributed by atoms with Gasteiger partial charge in [0.2, 0.25) is 0 Å². The fraction of sp³-hybridized carbons (Fsp3) is 0.939. The summed E-state index contributed by atoms with van der Waals surface area (Å²) in [6.07, 6.45) is 34.7. The first-order valence-corrected chi connectivity index (χ1v) is 16.0. The molecule has 4 aliphatic carbocycles. The average Bonchev–Trinajstić information content (AvgIpc) is 2.90. The molecule has 0 spiro atoms. The predicted octanol–water partition coefficient (Wildman–Crippen LogP) is 10.1. The van der Waals surface area contributed by atoms with Gasteiger partial charge in [0, 0.05) is 6.61 Å². The minimum absolute atomic E-state index is 0.586. The maximum atomic E-state index is 6.13. The van der Waals surface area contributed by atoms with Crippen molar-refractivity contribution in [3.05, 3.63) is 12.2 Å². The highest BCUT2D eigenvalue weighted by molar-refractivity contribution is 4.88. The Balaban J connectivity index is 1.09. The van der Waals surface area contributed by atoms with Crippen molar-refractivity contribution in [3.8, 4) is 0 Å². The van der Waals surface area contributed by atoms with E-state index in [1.807, 2.05) is 0 Å². The number of ether oxygens (including phenoxy) is 1. The van der Waals surface area contributed by atoms with Crippen LogP contribution in [0.1, 0.15) is 142 Å². The molecule has 0 heterocycles. The smallest absolute Gasteiger partial charge is 0.0575 e. The van der Waals surface area contributed by atoms with E-state index in [0.717, 1.165) is 48.0 Å². The highest BCUT2D eigenvalue weighted by Crippen LogP contribution is 2.48. The maximum absolute atomic E-state index is 6.13. The summed E-state index contributed by atoms with van der Waals surface area (Å²) in [5, 5.41) is 0. The van der Waals surface area contributed by atoms with Gasteiger partial charge in [0.05, 0.1) is 6.10 Å². The molecule has 34 heavy (non-hydrogen) atoms. The fourth-order valence-corrected chi connectivity index (χ4v) is 8.74. The minimum atomic E-state index is 0.586. The van der Waals surface area contributed by atoms with Gasteiger partial charge < -0.3 is 4.74 Å². The Labute approximate surface area is 213 Å². The lowest BCUT2D eigenvalue weighted by molar-refractivity contribution is 0.00399. The van der Waals surface area contributed by atoms with Gasteiger partial charge in [-0.1, -0.05) is 38.3 Å². The summed E-state index contributed by atoms with van der Waals surface area (Å²) in [5.41, 5.74) is 0. The van der Waals surface area contributed by atoms with Crippen LogP contribution in [0, 0.1) is 41.4 Å². The van der Waals surface area contributed by atoms with E-state index in [9.17, 15) is 0 Å². The first-order chi connectivity index (χ1) is 16.8. The molecule has 0 aromatic heterocycles. The molecule has 4 saturated carbocycles. The molecular weight excluding hydrogens is 412 g/mol. The molecule has 196 valence electrons. The third kappa shape index (κ3) is 7.85. The third-order valence-electron chi connectivity index (χ3n) is 11.1. The third-order valence-corrected chi connectivity index (χ3v) is 11.1. The highest BCUT2D eigenvalue weighted by atomic mass is 16.5. The van der Waals surface area contributed by atoms with Gasteiger partial charge in [0.25, 0.3) is 0 Å². The highest BCUT2D eigenvalue weighted by Gasteiger charge is 2.36. The molecule has 0 aromatic rings. The Morgan fingerprint density at radius 1 is 0.588 bits per heavy atom. The predicted molar refractivity (Wildman–Crippen MR) is 147 cm³/mol. The van der Waals surface area contributed by atoms with Crippen molar-refractivity contribution in [1.82, 2.24) is 0 Å². The summed E-state index contributed by atoms with van der Waals surface area (Å²) >= 11 is 0. The van der Waals surface area contributed by atoms with E-state index in [1.165, 1.54) is 64.2 Å². The fourth-order valence-electron chi connectivity index (χ4n) is 8.74. The first-order valence-electron chi connectivity index (χ1n) is 16.0. The molecule has 0 amide bonds. The van der Waals surface area contributed by atoms with Crippen LogP contribution in [0.15, 0.2) is 12.2 Å². The molecule has 0 aromatic carbocycles. The molecule has 0 N–H and O–H groups in total. The molecule has 4 aliphatic rings. The van der Waals surface area contributed by atoms with Crippen LogP contribution in [0.4, 0.5) is 0 Å². The zero-order valence-corrected chi connectivity index (χ0v) is 23.0. The summed E-state index contributed by atoms with van der Waals surface area (Å²) in [7, 11) is 0. The van der Waals surface area contributed by atoms with Crippen molar-refractivity contribution in [1.29, 1.82) is 0 Å². The van der Waals surface area contributed by atoms with Crippen molar-refractivity contribution in [2.45, 2.75) is 148 Å². The van der Waals surface area contributed by atoms with Crippen LogP contribution in [-0.4, -0.2) is 12.7 Å². The number of allylic oxidation sites excluding steroid dienone is 2. The van der Waals surface area contributed by atoms with Gasteiger partial charge in [-0.05, 0) is 158 Å². The number of hydrogen-bond acceptors (Lipinski definition) is 1. The summed E-state index contributed by atoms with van der Waals surface area (Å²) in [5.74, 6) is 7.42. The lowest BCUT2D eigenvalue weighted by Gasteiger charge is -2.43. The van der Waals surface area contributed by atoms with Gasteiger partial charge in [-0.3, -0.25) is 0 Å². The minimum Gasteiger partial charge on any atom is -0.378 e. The van der Waals surface area contributed by atoms with Crippen LogP contribution < -0.4 is 0 Å². The molecule has 0 bridgehead atoms. The second kappa shape index (κ2) is 14.4. The van der Waals surface area contributed by atoms with Gasteiger partial charge >= 0.3 is 0 Å². The Kier molecular flexibility index (Phi) is 11.4. The van der Waals surface area contributed by atoms with E-state index < -0.39 is 0 Å². The van der Waals surface area contributed by atoms with E-state index >= 15 is 0 Å². The summed E-state index contributed by atoms with van der Waals surface area (Å²) in [4.78, 5) is 0. The molecule has 0 unspecified atom stereocenters. The van der Waals surface area contributed by atoms with Crippen LogP contribution in [0.2, 0.25) is 0 Å². The van der Waals surface area contributed by atoms with Gasteiger partial charge in [-0.15, -0.1) is 0 Å². The SMILES string of the molecule is C/C=C/CCC1CCC(C2CCC(C3CCC(C4CCC(OCCCC)CC4)CC3)CC2)CC1. The van der Waals surface area contributed by atoms with Crippen LogP contribution >= 0.6 is 0 Å². The number of unbranched alkanes of at least 4 members (excludes halogenated alkanes) is 1. The summed E-state index contributed by atoms with van der Waals surface area (Å²) in [6, 6.07) is 0. The summed E-state index contributed by atoms with van der Waals surface area (Å²) < 4.78 is 6.13. The molecule has 4 rings (SSSR count). The average molecular weight is 471 g/mol. The zero-order chi connectivity index (χ0) is 23.6. The van der Waals surface area contributed by atoms with Crippen LogP contribution in [0.3, 0.4) is 0 Å². The lowest BCUT2D eigenvalue weighted by atomic mass is 9.63. The quantitative estimate of drug-likeness (QED) is 0.228. The van der Waals surface area contributed by atoms with E-state index in [0.29, 0.717) is 6.10 Å². The zero-order valence-electron chi connectivity index (χ0n) is 23.0. The standard InChI is InChI=1S/C33H58O/c1-3-5-7-8-26-9-11-27(12-10-26)28-13-15-29(16-14-28)30-17-19-31(20-18-30)32-21-23-33(24-22-32)34-25-6-4-2/h3,5,26-33H,4,6-25H2,1-2H3/b5-3+. The molecule has 0 saturated heterocycles. The van der Waals surface area contributed by atoms with E-state index in [4.69, 9.17) is 4.74 Å². The van der Waals surface area contributed by atoms with Gasteiger partial charge in [0.15, 0.2) is 0 Å². The second-order valence-electron chi connectivity index (χ2n) is 13.0. The maximum Gasteiger partial charge on any atom is 0.0575 e. The van der Waals surface area contributed by atoms with Crippen molar-refractivity contribution in [3.63, 3.8) is 0 Å². The van der Waals surface area contributed by atoms with E-state index in [1.54, 1.807) is 64.2 Å². The molecule has 0 atom stereocenters. The molecule has 1 heteroatoms. The summed E-state index contributed by atoms with van der Waals surface area (Å²) in [6.45, 7) is 5.42. The first kappa shape index (κ1) is 26.8. The molecular formula is C33H58O. The molecule has 1 nitrogen and oxygen atoms in total. The van der Waals surface area contributed by atoms with Crippen LogP contribution in [0.25, 0.3) is 0 Å². The number of hydrogen-bond donors (Lipinski definition) is 0. The van der Waals surface area contributed by atoms with Crippen molar-refractivity contribution in [2.75, 3.05) is 6.61 Å². The van der Waals surface area contributed by atoms with E-state index in [2.05, 4.69) is 26.0 Å². The van der Waals surface area contributed by atoms with Crippen LogP contribution in [0.5, 0.6) is 0 Å². The Morgan fingerprint density at radius 2 is 1.00 bits per heavy atom. The largest absolute Gasteiger partial charge is 0.378 e. The molecule has 4 fully saturated rings. The van der Waals surface area contributed by atoms with Gasteiger partial charge in [-0.2, -0.15) is 0 Å². The number of rotatable bonds is 10. The second-order valence-corrected chi connectivity index (χ2v) is 13.0. The van der Waals surface area contributed by atoms with Crippen LogP contribution in [-0.2, 0) is 4.74 Å². The van der Waals surface area contributed by atoms with Gasteiger partial charge in [0.1, 0.15) is 0 Å². The van der Waals surface area contributed by atoms with Crippen molar-refractivity contribution < 1.29 is 4.74 Å². The van der Waals surface area contributed by atoms with Crippen molar-refractivity contribution >= 4 is 0 Å². The van der Waals surface area contributed by atoms with Crippen molar-refractivity contribution in [2.24, 2.45) is 41.4 Å². The van der Waals surface area contributed by atoms with E-state index in [-0.39, 0.29) is 0 Å². The Bertz CT molecular complexity index is 549. The molecule has 0 aliphatic heterocycles. The topological polar surface area (TPSA) is 9.23 Å².